The van der Waals surface area contributed by atoms with Crippen LogP contribution in [-0.4, -0.2) is 22.0 Å². The molecule has 3 rings (SSSR count). The van der Waals surface area contributed by atoms with E-state index in [1.165, 1.54) is 0 Å². The number of anilines is 1. The summed E-state index contributed by atoms with van der Waals surface area (Å²) >= 11 is 0. The van der Waals surface area contributed by atoms with E-state index in [4.69, 9.17) is 0 Å². The average molecular weight is 316 g/mol. The Kier molecular flexibility index (Phi) is 3.93. The van der Waals surface area contributed by atoms with Crippen molar-refractivity contribution in [1.29, 1.82) is 0 Å². The van der Waals surface area contributed by atoms with Crippen LogP contribution in [0.15, 0.2) is 53.4 Å². The van der Waals surface area contributed by atoms with E-state index < -0.39 is 10.0 Å². The third kappa shape index (κ3) is 2.87. The van der Waals surface area contributed by atoms with E-state index in [1.54, 1.807) is 18.2 Å². The molecule has 1 N–H and O–H groups in total. The molecule has 22 heavy (non-hydrogen) atoms. The van der Waals surface area contributed by atoms with Crippen molar-refractivity contribution in [3.8, 4) is 0 Å². The summed E-state index contributed by atoms with van der Waals surface area (Å²) in [5.74, 6) is 0. The van der Waals surface area contributed by atoms with E-state index in [0.29, 0.717) is 4.90 Å². The smallest absolute Gasteiger partial charge is 0.241 e. The highest BCUT2D eigenvalue weighted by atomic mass is 32.2. The molecular weight excluding hydrogens is 296 g/mol. The molecule has 1 unspecified atom stereocenters. The second-order valence-corrected chi connectivity index (χ2v) is 7.47. The van der Waals surface area contributed by atoms with Crippen LogP contribution in [0.25, 0.3) is 0 Å². The van der Waals surface area contributed by atoms with E-state index in [1.807, 2.05) is 44.3 Å². The number of benzene rings is 2. The minimum Gasteiger partial charge on any atom is -0.374 e. The van der Waals surface area contributed by atoms with Crippen LogP contribution < -0.4 is 9.62 Å². The Morgan fingerprint density at radius 2 is 1.91 bits per heavy atom. The maximum absolute atomic E-state index is 12.6. The van der Waals surface area contributed by atoms with Crippen molar-refractivity contribution in [2.45, 2.75) is 24.3 Å². The molecule has 1 atom stereocenters. The average Bonchev–Trinajstić information content (AvgIpc) is 2.50. The number of rotatable bonds is 3. The summed E-state index contributed by atoms with van der Waals surface area (Å²) in [4.78, 5) is 2.48. The molecule has 2 aromatic rings. The van der Waals surface area contributed by atoms with Gasteiger partial charge in [-0.3, -0.25) is 0 Å². The first kappa shape index (κ1) is 15.1. The molecule has 0 fully saturated rings. The van der Waals surface area contributed by atoms with Crippen LogP contribution in [-0.2, 0) is 10.0 Å². The molecule has 0 saturated heterocycles. The van der Waals surface area contributed by atoms with E-state index in [-0.39, 0.29) is 6.04 Å². The van der Waals surface area contributed by atoms with Crippen molar-refractivity contribution < 1.29 is 8.42 Å². The lowest BCUT2D eigenvalue weighted by Crippen LogP contribution is -2.36. The summed E-state index contributed by atoms with van der Waals surface area (Å²) in [5.41, 5.74) is 3.06. The van der Waals surface area contributed by atoms with Crippen LogP contribution in [0, 0.1) is 6.92 Å². The van der Waals surface area contributed by atoms with Crippen molar-refractivity contribution in [3.63, 3.8) is 0 Å². The number of hydrogen-bond donors (Lipinski definition) is 1. The molecule has 0 amide bonds. The fraction of sp³-hybridized carbons (Fsp3) is 0.294. The zero-order valence-electron chi connectivity index (χ0n) is 12.8. The fourth-order valence-corrected chi connectivity index (χ4v) is 4.24. The highest BCUT2D eigenvalue weighted by Gasteiger charge is 2.27. The number of hydrogen-bond acceptors (Lipinski definition) is 3. The van der Waals surface area contributed by atoms with E-state index in [9.17, 15) is 8.42 Å². The predicted molar refractivity (Wildman–Crippen MR) is 88.6 cm³/mol. The molecule has 0 aliphatic carbocycles. The van der Waals surface area contributed by atoms with Crippen LogP contribution in [0.2, 0.25) is 0 Å². The molecule has 0 bridgehead atoms. The molecule has 1 heterocycles. The van der Waals surface area contributed by atoms with Crippen molar-refractivity contribution in [2.75, 3.05) is 18.5 Å². The predicted octanol–water partition coefficient (Wildman–Crippen LogP) is 2.85. The summed E-state index contributed by atoms with van der Waals surface area (Å²) < 4.78 is 28.1. The van der Waals surface area contributed by atoms with Crippen molar-refractivity contribution in [3.05, 3.63) is 59.7 Å². The number of aryl methyl sites for hydroxylation is 1. The van der Waals surface area contributed by atoms with Crippen LogP contribution in [0.5, 0.6) is 0 Å². The standard InChI is InChI=1S/C17H20N2O2S/c1-13-6-5-7-14(12-13)22(20,21)18-16-10-11-19(2)17-9-4-3-8-15(16)17/h3-9,12,16,18H,10-11H2,1-2H3. The van der Waals surface area contributed by atoms with E-state index >= 15 is 0 Å². The van der Waals surface area contributed by atoms with Gasteiger partial charge in [-0.05, 0) is 42.7 Å². The monoisotopic (exact) mass is 316 g/mol. The maximum atomic E-state index is 12.6. The Hall–Kier alpha value is -1.85. The third-order valence-corrected chi connectivity index (χ3v) is 5.54. The minimum atomic E-state index is -3.51. The molecule has 5 heteroatoms. The van der Waals surface area contributed by atoms with Crippen LogP contribution in [0.1, 0.15) is 23.6 Å². The van der Waals surface area contributed by atoms with Crippen LogP contribution in [0.3, 0.4) is 0 Å². The summed E-state index contributed by atoms with van der Waals surface area (Å²) in [6.45, 7) is 2.72. The van der Waals surface area contributed by atoms with Crippen molar-refractivity contribution >= 4 is 15.7 Å². The molecule has 1 aliphatic heterocycles. The van der Waals surface area contributed by atoms with E-state index in [0.717, 1.165) is 29.8 Å². The highest BCUT2D eigenvalue weighted by molar-refractivity contribution is 7.89. The molecule has 0 saturated carbocycles. The summed E-state index contributed by atoms with van der Waals surface area (Å²) in [7, 11) is -1.48. The second-order valence-electron chi connectivity index (χ2n) is 5.76. The number of sulfonamides is 1. The van der Waals surface area contributed by atoms with Crippen LogP contribution in [0.4, 0.5) is 5.69 Å². The van der Waals surface area contributed by atoms with Crippen molar-refractivity contribution in [2.24, 2.45) is 0 Å². The highest BCUT2D eigenvalue weighted by Crippen LogP contribution is 2.33. The fourth-order valence-electron chi connectivity index (χ4n) is 2.89. The van der Waals surface area contributed by atoms with Gasteiger partial charge < -0.3 is 4.90 Å². The van der Waals surface area contributed by atoms with Gasteiger partial charge in [0.1, 0.15) is 0 Å². The largest absolute Gasteiger partial charge is 0.374 e. The Morgan fingerprint density at radius 3 is 2.68 bits per heavy atom. The van der Waals surface area contributed by atoms with Gasteiger partial charge in [0.25, 0.3) is 0 Å². The Morgan fingerprint density at radius 1 is 1.14 bits per heavy atom. The third-order valence-electron chi connectivity index (χ3n) is 4.07. The molecule has 0 spiro atoms. The lowest BCUT2D eigenvalue weighted by Gasteiger charge is -2.33. The Balaban J connectivity index is 1.92. The first-order chi connectivity index (χ1) is 10.5. The van der Waals surface area contributed by atoms with E-state index in [2.05, 4.69) is 9.62 Å². The molecule has 2 aromatic carbocycles. The lowest BCUT2D eigenvalue weighted by atomic mass is 9.98. The molecule has 116 valence electrons. The summed E-state index contributed by atoms with van der Waals surface area (Å²) in [6.07, 6.45) is 0.762. The molecule has 1 aliphatic rings. The van der Waals surface area contributed by atoms with Crippen LogP contribution >= 0.6 is 0 Å². The quantitative estimate of drug-likeness (QED) is 0.947. The minimum absolute atomic E-state index is 0.182. The zero-order chi connectivity index (χ0) is 15.7. The summed E-state index contributed by atoms with van der Waals surface area (Å²) in [5, 5.41) is 0. The first-order valence-electron chi connectivity index (χ1n) is 7.36. The van der Waals surface area contributed by atoms with Gasteiger partial charge in [0.15, 0.2) is 0 Å². The molecular formula is C17H20N2O2S. The summed E-state index contributed by atoms with van der Waals surface area (Å²) in [6, 6.07) is 14.8. The SMILES string of the molecule is Cc1cccc(S(=O)(=O)NC2CCN(C)c3ccccc32)c1. The van der Waals surface area contributed by atoms with Gasteiger partial charge in [-0.2, -0.15) is 0 Å². The van der Waals surface area contributed by atoms with Gasteiger partial charge in [-0.15, -0.1) is 0 Å². The maximum Gasteiger partial charge on any atom is 0.241 e. The number of nitrogens with zero attached hydrogens (tertiary/aromatic N) is 1. The Bertz CT molecular complexity index is 787. The van der Waals surface area contributed by atoms with Gasteiger partial charge in [0.2, 0.25) is 10.0 Å². The number of nitrogens with one attached hydrogen (secondary N) is 1. The van der Waals surface area contributed by atoms with Gasteiger partial charge in [-0.1, -0.05) is 30.3 Å². The molecule has 0 aromatic heterocycles. The zero-order valence-corrected chi connectivity index (χ0v) is 13.6. The van der Waals surface area contributed by atoms with Gasteiger partial charge in [-0.25, -0.2) is 13.1 Å². The van der Waals surface area contributed by atoms with Gasteiger partial charge >= 0.3 is 0 Å². The Labute approximate surface area is 131 Å². The van der Waals surface area contributed by atoms with Gasteiger partial charge in [0, 0.05) is 19.3 Å². The first-order valence-corrected chi connectivity index (χ1v) is 8.85. The normalized spacial score (nSPS) is 18.1. The molecule has 4 nitrogen and oxygen atoms in total. The number of para-hydroxylation sites is 1. The van der Waals surface area contributed by atoms with Crippen molar-refractivity contribution in [1.82, 2.24) is 4.72 Å². The van der Waals surface area contributed by atoms with Gasteiger partial charge in [0.05, 0.1) is 10.9 Å². The topological polar surface area (TPSA) is 49.4 Å². The molecule has 0 radical (unpaired) electrons. The number of fused-ring (bicyclic) bond motifs is 1. The second kappa shape index (κ2) is 5.74. The lowest BCUT2D eigenvalue weighted by molar-refractivity contribution is 0.529.